The highest BCUT2D eigenvalue weighted by atomic mass is 35.5. The molecule has 0 saturated heterocycles. The van der Waals surface area contributed by atoms with Gasteiger partial charge in [-0.2, -0.15) is 0 Å². The first-order valence-corrected chi connectivity index (χ1v) is 6.05. The number of benzene rings is 1. The topological polar surface area (TPSA) is 34.5 Å². The zero-order valence-electron chi connectivity index (χ0n) is 10.0. The molecule has 0 unspecified atom stereocenters. The molecule has 0 bridgehead atoms. The summed E-state index contributed by atoms with van der Waals surface area (Å²) in [5.41, 5.74) is 2.61. The van der Waals surface area contributed by atoms with E-state index in [1.807, 2.05) is 43.3 Å². The lowest BCUT2D eigenvalue weighted by atomic mass is 10.0. The van der Waals surface area contributed by atoms with E-state index in [4.69, 9.17) is 16.4 Å². The predicted octanol–water partition coefficient (Wildman–Crippen LogP) is 3.52. The van der Waals surface area contributed by atoms with E-state index >= 15 is 0 Å². The van der Waals surface area contributed by atoms with E-state index in [1.165, 1.54) is 0 Å². The van der Waals surface area contributed by atoms with Gasteiger partial charge in [0.05, 0.1) is 0 Å². The third-order valence-electron chi connectivity index (χ3n) is 2.34. The fourth-order valence-corrected chi connectivity index (χ4v) is 1.64. The lowest BCUT2D eigenvalue weighted by Crippen LogP contribution is -2.04. The smallest absolute Gasteiger partial charge is 0.118 e. The molecule has 0 aliphatic rings. The van der Waals surface area contributed by atoms with Crippen LogP contribution in [-0.4, -0.2) is 17.3 Å². The van der Waals surface area contributed by atoms with Gasteiger partial charge in [-0.15, -0.1) is 0 Å². The van der Waals surface area contributed by atoms with E-state index in [-0.39, 0.29) is 0 Å². The average molecular weight is 261 g/mol. The molecule has 0 fully saturated rings. The van der Waals surface area contributed by atoms with Gasteiger partial charge in [0.2, 0.25) is 0 Å². The summed E-state index contributed by atoms with van der Waals surface area (Å²) in [4.78, 5) is 9.26. The van der Waals surface area contributed by atoms with E-state index in [0.717, 1.165) is 16.8 Å². The van der Waals surface area contributed by atoms with Crippen LogP contribution in [0, 0.1) is 0 Å². The Kier molecular flexibility index (Phi) is 4.31. The first-order chi connectivity index (χ1) is 8.81. The molecule has 18 heavy (non-hydrogen) atoms. The molecule has 1 aromatic carbocycles. The fraction of sp³-hybridized carbons (Fsp3) is 0.143. The van der Waals surface area contributed by atoms with E-state index in [9.17, 15) is 0 Å². The zero-order valence-corrected chi connectivity index (χ0v) is 10.8. The molecule has 3 nitrogen and oxygen atoms in total. The molecule has 0 N–H and O–H groups in total. The third kappa shape index (κ3) is 3.08. The van der Waals surface area contributed by atoms with Crippen LogP contribution in [0.3, 0.4) is 0 Å². The molecule has 92 valence electrons. The van der Waals surface area contributed by atoms with Gasteiger partial charge >= 0.3 is 0 Å². The lowest BCUT2D eigenvalue weighted by Gasteiger charge is -2.06. The number of pyridine rings is 1. The standard InChI is InChI=1S/C14H13ClN2O/c1-2-18-17-14(12-4-3-9-16-10-12)11-5-7-13(15)8-6-11/h3-10H,2H2,1H3/b17-14+. The second kappa shape index (κ2) is 6.17. The molecule has 0 amide bonds. The number of oxime groups is 1. The fourth-order valence-electron chi connectivity index (χ4n) is 1.51. The van der Waals surface area contributed by atoms with Crippen molar-refractivity contribution in [3.63, 3.8) is 0 Å². The highest BCUT2D eigenvalue weighted by Crippen LogP contribution is 2.14. The van der Waals surface area contributed by atoms with Crippen molar-refractivity contribution in [3.05, 3.63) is 64.9 Å². The van der Waals surface area contributed by atoms with Crippen LogP contribution in [0.1, 0.15) is 18.1 Å². The predicted molar refractivity (Wildman–Crippen MR) is 73.0 cm³/mol. The van der Waals surface area contributed by atoms with Crippen LogP contribution in [0.5, 0.6) is 0 Å². The number of nitrogens with zero attached hydrogens (tertiary/aromatic N) is 2. The Morgan fingerprint density at radius 1 is 1.22 bits per heavy atom. The molecule has 2 rings (SSSR count). The average Bonchev–Trinajstić information content (AvgIpc) is 2.42. The maximum absolute atomic E-state index is 5.88. The van der Waals surface area contributed by atoms with Crippen molar-refractivity contribution in [2.75, 3.05) is 6.61 Å². The Hall–Kier alpha value is -1.87. The maximum atomic E-state index is 5.88. The van der Waals surface area contributed by atoms with Crippen molar-refractivity contribution in [3.8, 4) is 0 Å². The highest BCUT2D eigenvalue weighted by Gasteiger charge is 2.07. The summed E-state index contributed by atoms with van der Waals surface area (Å²) in [7, 11) is 0. The van der Waals surface area contributed by atoms with Gasteiger partial charge in [-0.3, -0.25) is 4.98 Å². The van der Waals surface area contributed by atoms with Crippen LogP contribution in [0.15, 0.2) is 53.9 Å². The summed E-state index contributed by atoms with van der Waals surface area (Å²) in [6, 6.07) is 11.3. The van der Waals surface area contributed by atoms with Gasteiger partial charge in [-0.1, -0.05) is 28.9 Å². The number of hydrogen-bond acceptors (Lipinski definition) is 3. The van der Waals surface area contributed by atoms with Crippen molar-refractivity contribution >= 4 is 17.3 Å². The van der Waals surface area contributed by atoms with E-state index < -0.39 is 0 Å². The number of halogens is 1. The summed E-state index contributed by atoms with van der Waals surface area (Å²) in [6.45, 7) is 2.42. The van der Waals surface area contributed by atoms with Crippen LogP contribution >= 0.6 is 11.6 Å². The van der Waals surface area contributed by atoms with E-state index in [1.54, 1.807) is 12.4 Å². The summed E-state index contributed by atoms with van der Waals surface area (Å²) in [5.74, 6) is 0. The molecule has 0 aliphatic heterocycles. The Morgan fingerprint density at radius 2 is 2.00 bits per heavy atom. The molecule has 1 aromatic heterocycles. The minimum Gasteiger partial charge on any atom is -0.396 e. The van der Waals surface area contributed by atoms with Gasteiger partial charge in [0.1, 0.15) is 12.3 Å². The monoisotopic (exact) mass is 260 g/mol. The SMILES string of the molecule is CCO/N=C(\c1ccc(Cl)cc1)c1cccnc1. The second-order valence-corrected chi connectivity index (χ2v) is 4.04. The number of rotatable bonds is 4. The summed E-state index contributed by atoms with van der Waals surface area (Å²) in [6.07, 6.45) is 3.48. The quantitative estimate of drug-likeness (QED) is 0.623. The second-order valence-electron chi connectivity index (χ2n) is 3.61. The van der Waals surface area contributed by atoms with Crippen molar-refractivity contribution in [2.24, 2.45) is 5.16 Å². The first kappa shape index (κ1) is 12.6. The Bertz CT molecular complexity index is 523. The molecular weight excluding hydrogens is 248 g/mol. The van der Waals surface area contributed by atoms with Crippen LogP contribution < -0.4 is 0 Å². The summed E-state index contributed by atoms with van der Waals surface area (Å²) >= 11 is 5.88. The van der Waals surface area contributed by atoms with Crippen LogP contribution in [0.2, 0.25) is 5.02 Å². The summed E-state index contributed by atoms with van der Waals surface area (Å²) in [5, 5.41) is 4.84. The Balaban J connectivity index is 2.40. The molecule has 0 atom stereocenters. The minimum absolute atomic E-state index is 0.525. The Morgan fingerprint density at radius 3 is 2.61 bits per heavy atom. The van der Waals surface area contributed by atoms with Gasteiger partial charge in [0, 0.05) is 28.5 Å². The lowest BCUT2D eigenvalue weighted by molar-refractivity contribution is 0.159. The van der Waals surface area contributed by atoms with Gasteiger partial charge in [-0.25, -0.2) is 0 Å². The first-order valence-electron chi connectivity index (χ1n) is 5.67. The molecule has 0 spiro atoms. The zero-order chi connectivity index (χ0) is 12.8. The minimum atomic E-state index is 0.525. The van der Waals surface area contributed by atoms with Gasteiger partial charge in [-0.05, 0) is 31.2 Å². The molecule has 4 heteroatoms. The van der Waals surface area contributed by atoms with Gasteiger partial charge in [0.25, 0.3) is 0 Å². The molecule has 2 aromatic rings. The molecule has 0 saturated carbocycles. The summed E-state index contributed by atoms with van der Waals surface area (Å²) < 4.78 is 0. The molecule has 0 radical (unpaired) electrons. The van der Waals surface area contributed by atoms with Crippen LogP contribution in [0.25, 0.3) is 0 Å². The molecular formula is C14H13ClN2O. The number of hydrogen-bond donors (Lipinski definition) is 0. The van der Waals surface area contributed by atoms with Crippen molar-refractivity contribution in [1.29, 1.82) is 0 Å². The van der Waals surface area contributed by atoms with Crippen molar-refractivity contribution in [2.45, 2.75) is 6.92 Å². The largest absolute Gasteiger partial charge is 0.396 e. The molecule has 0 aliphatic carbocycles. The van der Waals surface area contributed by atoms with Crippen molar-refractivity contribution < 1.29 is 4.84 Å². The van der Waals surface area contributed by atoms with Crippen LogP contribution in [-0.2, 0) is 4.84 Å². The van der Waals surface area contributed by atoms with Gasteiger partial charge in [0.15, 0.2) is 0 Å². The number of aromatic nitrogens is 1. The maximum Gasteiger partial charge on any atom is 0.118 e. The highest BCUT2D eigenvalue weighted by molar-refractivity contribution is 6.30. The van der Waals surface area contributed by atoms with Crippen molar-refractivity contribution in [1.82, 2.24) is 4.98 Å². The van der Waals surface area contributed by atoms with Gasteiger partial charge < -0.3 is 4.84 Å². The molecule has 1 heterocycles. The normalized spacial score (nSPS) is 11.3. The van der Waals surface area contributed by atoms with E-state index in [2.05, 4.69) is 10.1 Å². The third-order valence-corrected chi connectivity index (χ3v) is 2.59. The Labute approximate surface area is 111 Å². The van der Waals surface area contributed by atoms with Crippen LogP contribution in [0.4, 0.5) is 0 Å². The van der Waals surface area contributed by atoms with E-state index in [0.29, 0.717) is 11.6 Å².